The van der Waals surface area contributed by atoms with Gasteiger partial charge in [0.1, 0.15) is 17.3 Å². The first kappa shape index (κ1) is 13.6. The molecular formula is C13H9BrF2N2O. The molecule has 2 rings (SSSR count). The van der Waals surface area contributed by atoms with E-state index in [-0.39, 0.29) is 17.8 Å². The van der Waals surface area contributed by atoms with Crippen LogP contribution in [0.4, 0.5) is 8.78 Å². The van der Waals surface area contributed by atoms with E-state index < -0.39 is 17.5 Å². The lowest BCUT2D eigenvalue weighted by Gasteiger charge is -2.07. The second-order valence-corrected chi connectivity index (χ2v) is 4.61. The largest absolute Gasteiger partial charge is 0.346 e. The normalized spacial score (nSPS) is 10.3. The average molecular weight is 327 g/mol. The summed E-state index contributed by atoms with van der Waals surface area (Å²) in [4.78, 5) is 15.7. The fraction of sp³-hybridized carbons (Fsp3) is 0.0769. The maximum atomic E-state index is 13.4. The molecule has 1 heterocycles. The van der Waals surface area contributed by atoms with Crippen LogP contribution in [0.5, 0.6) is 0 Å². The molecule has 0 unspecified atom stereocenters. The average Bonchev–Trinajstić information content (AvgIpc) is 2.40. The Labute approximate surface area is 116 Å². The maximum Gasteiger partial charge on any atom is 0.271 e. The Morgan fingerprint density at radius 1 is 1.32 bits per heavy atom. The van der Waals surface area contributed by atoms with Crippen molar-refractivity contribution < 1.29 is 13.6 Å². The van der Waals surface area contributed by atoms with Gasteiger partial charge in [0, 0.05) is 22.8 Å². The SMILES string of the molecule is O=C(NCc1cc(F)ccc1F)c1ncccc1Br. The molecule has 0 fully saturated rings. The molecule has 3 nitrogen and oxygen atoms in total. The van der Waals surface area contributed by atoms with Crippen molar-refractivity contribution in [1.29, 1.82) is 0 Å². The van der Waals surface area contributed by atoms with Crippen LogP contribution in [0.3, 0.4) is 0 Å². The summed E-state index contributed by atoms with van der Waals surface area (Å²) in [7, 11) is 0. The van der Waals surface area contributed by atoms with Gasteiger partial charge in [-0.2, -0.15) is 0 Å². The van der Waals surface area contributed by atoms with Crippen LogP contribution in [0.25, 0.3) is 0 Å². The van der Waals surface area contributed by atoms with E-state index in [4.69, 9.17) is 0 Å². The van der Waals surface area contributed by atoms with Crippen LogP contribution < -0.4 is 5.32 Å². The molecule has 0 saturated heterocycles. The van der Waals surface area contributed by atoms with Crippen molar-refractivity contribution in [2.75, 3.05) is 0 Å². The second kappa shape index (κ2) is 5.88. The van der Waals surface area contributed by atoms with Gasteiger partial charge in [-0.3, -0.25) is 4.79 Å². The van der Waals surface area contributed by atoms with Crippen LogP contribution in [0, 0.1) is 11.6 Å². The van der Waals surface area contributed by atoms with Gasteiger partial charge < -0.3 is 5.32 Å². The number of aromatic nitrogens is 1. The molecule has 0 atom stereocenters. The summed E-state index contributed by atoms with van der Waals surface area (Å²) < 4.78 is 26.9. The molecule has 6 heteroatoms. The highest BCUT2D eigenvalue weighted by atomic mass is 79.9. The molecule has 0 aliphatic rings. The molecule has 0 saturated carbocycles. The highest BCUT2D eigenvalue weighted by Gasteiger charge is 2.12. The van der Waals surface area contributed by atoms with Crippen LogP contribution in [0.15, 0.2) is 41.0 Å². The molecule has 0 aliphatic heterocycles. The van der Waals surface area contributed by atoms with Crippen molar-refractivity contribution in [2.45, 2.75) is 6.54 Å². The molecule has 0 spiro atoms. The lowest BCUT2D eigenvalue weighted by atomic mass is 10.2. The van der Waals surface area contributed by atoms with Gasteiger partial charge in [0.25, 0.3) is 5.91 Å². The quantitative estimate of drug-likeness (QED) is 0.941. The molecular weight excluding hydrogens is 318 g/mol. The number of rotatable bonds is 3. The number of hydrogen-bond donors (Lipinski definition) is 1. The zero-order valence-corrected chi connectivity index (χ0v) is 11.2. The molecule has 1 amide bonds. The van der Waals surface area contributed by atoms with Crippen LogP contribution in [-0.2, 0) is 6.54 Å². The Bertz CT molecular complexity index is 619. The summed E-state index contributed by atoms with van der Waals surface area (Å²) in [5, 5.41) is 2.49. The summed E-state index contributed by atoms with van der Waals surface area (Å²) in [5.41, 5.74) is 0.278. The zero-order valence-electron chi connectivity index (χ0n) is 9.66. The highest BCUT2D eigenvalue weighted by molar-refractivity contribution is 9.10. The highest BCUT2D eigenvalue weighted by Crippen LogP contribution is 2.14. The van der Waals surface area contributed by atoms with E-state index in [9.17, 15) is 13.6 Å². The van der Waals surface area contributed by atoms with Crippen molar-refractivity contribution in [3.8, 4) is 0 Å². The lowest BCUT2D eigenvalue weighted by molar-refractivity contribution is 0.0944. The van der Waals surface area contributed by atoms with Gasteiger partial charge in [-0.05, 0) is 46.3 Å². The van der Waals surface area contributed by atoms with Gasteiger partial charge in [-0.15, -0.1) is 0 Å². The third kappa shape index (κ3) is 3.35. The number of pyridine rings is 1. The monoisotopic (exact) mass is 326 g/mol. The third-order valence-electron chi connectivity index (χ3n) is 2.42. The minimum Gasteiger partial charge on any atom is -0.346 e. The summed E-state index contributed by atoms with van der Waals surface area (Å²) in [6, 6.07) is 6.43. The summed E-state index contributed by atoms with van der Waals surface area (Å²) in [5.74, 6) is -1.58. The van der Waals surface area contributed by atoms with Crippen molar-refractivity contribution in [2.24, 2.45) is 0 Å². The Morgan fingerprint density at radius 2 is 2.11 bits per heavy atom. The number of hydrogen-bond acceptors (Lipinski definition) is 2. The molecule has 0 radical (unpaired) electrons. The van der Waals surface area contributed by atoms with Gasteiger partial charge >= 0.3 is 0 Å². The number of amides is 1. The van der Waals surface area contributed by atoms with Crippen molar-refractivity contribution in [3.05, 3.63) is 63.9 Å². The first-order valence-corrected chi connectivity index (χ1v) is 6.20. The molecule has 0 aliphatic carbocycles. The molecule has 2 aromatic rings. The number of benzene rings is 1. The first-order chi connectivity index (χ1) is 9.08. The Kier molecular flexibility index (Phi) is 4.21. The predicted molar refractivity (Wildman–Crippen MR) is 69.5 cm³/mol. The van der Waals surface area contributed by atoms with Crippen LogP contribution in [0.2, 0.25) is 0 Å². The van der Waals surface area contributed by atoms with E-state index in [1.807, 2.05) is 0 Å². The minimum atomic E-state index is -0.568. The van der Waals surface area contributed by atoms with Crippen LogP contribution in [-0.4, -0.2) is 10.9 Å². The molecule has 19 heavy (non-hydrogen) atoms. The van der Waals surface area contributed by atoms with E-state index in [0.29, 0.717) is 4.47 Å². The Balaban J connectivity index is 2.09. The fourth-order valence-electron chi connectivity index (χ4n) is 1.49. The summed E-state index contributed by atoms with van der Waals surface area (Å²) in [6.07, 6.45) is 1.47. The number of halogens is 3. The predicted octanol–water partition coefficient (Wildman–Crippen LogP) is 3.05. The van der Waals surface area contributed by atoms with E-state index in [0.717, 1.165) is 18.2 Å². The number of nitrogens with zero attached hydrogens (tertiary/aromatic N) is 1. The maximum absolute atomic E-state index is 13.4. The lowest BCUT2D eigenvalue weighted by Crippen LogP contribution is -2.24. The molecule has 0 bridgehead atoms. The standard InChI is InChI=1S/C13H9BrF2N2O/c14-10-2-1-5-17-12(10)13(19)18-7-8-6-9(15)3-4-11(8)16/h1-6H,7H2,(H,18,19). The summed E-state index contributed by atoms with van der Waals surface area (Å²) >= 11 is 3.19. The van der Waals surface area contributed by atoms with E-state index in [2.05, 4.69) is 26.2 Å². The van der Waals surface area contributed by atoms with Gasteiger partial charge in [-0.25, -0.2) is 13.8 Å². The van der Waals surface area contributed by atoms with Gasteiger partial charge in [0.2, 0.25) is 0 Å². The van der Waals surface area contributed by atoms with Crippen LogP contribution in [0.1, 0.15) is 16.1 Å². The molecule has 98 valence electrons. The smallest absolute Gasteiger partial charge is 0.271 e. The molecule has 1 aromatic heterocycles. The number of carbonyl (C=O) groups is 1. The van der Waals surface area contributed by atoms with Crippen molar-refractivity contribution in [3.63, 3.8) is 0 Å². The van der Waals surface area contributed by atoms with Gasteiger partial charge in [0.05, 0.1) is 0 Å². The molecule has 1 N–H and O–H groups in total. The first-order valence-electron chi connectivity index (χ1n) is 5.40. The van der Waals surface area contributed by atoms with Crippen LogP contribution >= 0.6 is 15.9 Å². The van der Waals surface area contributed by atoms with Crippen molar-refractivity contribution in [1.82, 2.24) is 10.3 Å². The zero-order chi connectivity index (χ0) is 13.8. The van der Waals surface area contributed by atoms with Gasteiger partial charge in [-0.1, -0.05) is 0 Å². The third-order valence-corrected chi connectivity index (χ3v) is 3.06. The summed E-state index contributed by atoms with van der Waals surface area (Å²) in [6.45, 7) is -0.106. The topological polar surface area (TPSA) is 42.0 Å². The number of nitrogens with one attached hydrogen (secondary N) is 1. The Morgan fingerprint density at radius 3 is 2.84 bits per heavy atom. The fourth-order valence-corrected chi connectivity index (χ4v) is 1.93. The number of carbonyl (C=O) groups excluding carboxylic acids is 1. The minimum absolute atomic E-state index is 0.0837. The van der Waals surface area contributed by atoms with E-state index in [1.54, 1.807) is 12.1 Å². The second-order valence-electron chi connectivity index (χ2n) is 3.75. The molecule has 1 aromatic carbocycles. The van der Waals surface area contributed by atoms with Crippen molar-refractivity contribution >= 4 is 21.8 Å². The van der Waals surface area contributed by atoms with Gasteiger partial charge in [0.15, 0.2) is 0 Å². The van der Waals surface area contributed by atoms with E-state index >= 15 is 0 Å². The van der Waals surface area contributed by atoms with E-state index in [1.165, 1.54) is 6.20 Å². The Hall–Kier alpha value is -1.82.